The van der Waals surface area contributed by atoms with Crippen molar-refractivity contribution in [2.24, 2.45) is 0 Å². The van der Waals surface area contributed by atoms with Crippen LogP contribution in [0.5, 0.6) is 0 Å². The first-order chi connectivity index (χ1) is 8.91. The molecular formula is C12H26O6. The predicted octanol–water partition coefficient (Wildman–Crippen LogP) is 0.0816. The summed E-state index contributed by atoms with van der Waals surface area (Å²) in [5.74, 6) is 0. The zero-order chi connectivity index (χ0) is 13.3. The van der Waals surface area contributed by atoms with Gasteiger partial charge in [0.2, 0.25) is 0 Å². The number of hydrogen-bond acceptors (Lipinski definition) is 6. The van der Waals surface area contributed by atoms with Crippen LogP contribution < -0.4 is 0 Å². The van der Waals surface area contributed by atoms with E-state index < -0.39 is 0 Å². The molecule has 1 aliphatic rings. The molecule has 0 aliphatic carbocycles. The second-order valence-electron chi connectivity index (χ2n) is 3.38. The summed E-state index contributed by atoms with van der Waals surface area (Å²) in [6, 6.07) is 0. The van der Waals surface area contributed by atoms with Crippen molar-refractivity contribution in [2.45, 2.75) is 6.92 Å². The van der Waals surface area contributed by atoms with Crippen molar-refractivity contribution in [3.05, 3.63) is 0 Å². The van der Waals surface area contributed by atoms with Gasteiger partial charge in [-0.3, -0.25) is 0 Å². The molecular weight excluding hydrogens is 240 g/mol. The molecule has 1 fully saturated rings. The van der Waals surface area contributed by atoms with Crippen LogP contribution in [0.1, 0.15) is 6.92 Å². The van der Waals surface area contributed by atoms with E-state index in [1.165, 1.54) is 0 Å². The Bertz CT molecular complexity index is 85.9. The molecule has 1 N–H and O–H groups in total. The van der Waals surface area contributed by atoms with E-state index in [1.807, 2.05) is 0 Å². The zero-order valence-electron chi connectivity index (χ0n) is 11.3. The Kier molecular flexibility index (Phi) is 16.5. The predicted molar refractivity (Wildman–Crippen MR) is 66.9 cm³/mol. The monoisotopic (exact) mass is 266 g/mol. The minimum atomic E-state index is 0.250. The molecule has 0 spiro atoms. The lowest BCUT2D eigenvalue weighted by Gasteiger charge is -2.05. The average molecular weight is 266 g/mol. The third-order valence-electron chi connectivity index (χ3n) is 1.86. The Hall–Kier alpha value is -0.240. The normalized spacial score (nSPS) is 21.0. The number of rotatable bonds is 0. The largest absolute Gasteiger partial charge is 0.397 e. The molecule has 6 nitrogen and oxygen atoms in total. The molecule has 1 heterocycles. The van der Waals surface area contributed by atoms with E-state index in [1.54, 1.807) is 6.92 Å². The Morgan fingerprint density at radius 3 is 0.778 bits per heavy atom. The lowest BCUT2D eigenvalue weighted by atomic mass is 10.7. The van der Waals surface area contributed by atoms with Crippen molar-refractivity contribution in [3.8, 4) is 0 Å². The molecule has 110 valence electrons. The first-order valence-electron chi connectivity index (χ1n) is 6.41. The molecule has 0 radical (unpaired) electrons. The first-order valence-corrected chi connectivity index (χ1v) is 6.41. The fraction of sp³-hybridized carbons (Fsp3) is 1.00. The van der Waals surface area contributed by atoms with Gasteiger partial charge in [-0.2, -0.15) is 0 Å². The van der Waals surface area contributed by atoms with E-state index in [4.69, 9.17) is 28.8 Å². The molecule has 0 amide bonds. The molecule has 0 aromatic rings. The van der Waals surface area contributed by atoms with E-state index in [-0.39, 0.29) is 6.61 Å². The Balaban J connectivity index is 0.000000873. The van der Waals surface area contributed by atoms with Crippen molar-refractivity contribution in [1.29, 1.82) is 0 Å². The van der Waals surface area contributed by atoms with Gasteiger partial charge >= 0.3 is 0 Å². The van der Waals surface area contributed by atoms with E-state index in [0.717, 1.165) is 0 Å². The maximum absolute atomic E-state index is 7.57. The fourth-order valence-corrected chi connectivity index (χ4v) is 1.10. The van der Waals surface area contributed by atoms with Crippen molar-refractivity contribution < 1.29 is 28.8 Å². The summed E-state index contributed by atoms with van der Waals surface area (Å²) >= 11 is 0. The highest BCUT2D eigenvalue weighted by molar-refractivity contribution is 4.37. The summed E-state index contributed by atoms with van der Waals surface area (Å²) in [5.41, 5.74) is 0. The SMILES string of the molecule is C1COCCOCCOCCOCCO1.CCO. The maximum Gasteiger partial charge on any atom is 0.0701 e. The highest BCUT2D eigenvalue weighted by Gasteiger charge is 1.95. The van der Waals surface area contributed by atoms with Crippen LogP contribution >= 0.6 is 0 Å². The quantitative estimate of drug-likeness (QED) is 0.670. The average Bonchev–Trinajstić information content (AvgIpc) is 2.38. The molecule has 0 atom stereocenters. The van der Waals surface area contributed by atoms with Crippen LogP contribution in [0, 0.1) is 0 Å². The van der Waals surface area contributed by atoms with E-state index in [9.17, 15) is 0 Å². The molecule has 0 aromatic heterocycles. The minimum absolute atomic E-state index is 0.250. The Labute approximate surface area is 109 Å². The summed E-state index contributed by atoms with van der Waals surface area (Å²) < 4.78 is 26.4. The summed E-state index contributed by atoms with van der Waals surface area (Å²) in [6.07, 6.45) is 0. The van der Waals surface area contributed by atoms with Gasteiger partial charge in [0.15, 0.2) is 0 Å². The van der Waals surface area contributed by atoms with E-state index in [0.29, 0.717) is 66.1 Å². The molecule has 18 heavy (non-hydrogen) atoms. The molecule has 6 heteroatoms. The van der Waals surface area contributed by atoms with Crippen LogP contribution in [0.2, 0.25) is 0 Å². The molecule has 0 saturated carbocycles. The third-order valence-corrected chi connectivity index (χ3v) is 1.86. The summed E-state index contributed by atoms with van der Waals surface area (Å²) in [4.78, 5) is 0. The number of hydrogen-bond donors (Lipinski definition) is 1. The second kappa shape index (κ2) is 16.8. The zero-order valence-corrected chi connectivity index (χ0v) is 11.3. The first kappa shape index (κ1) is 17.8. The van der Waals surface area contributed by atoms with Gasteiger partial charge in [0.25, 0.3) is 0 Å². The van der Waals surface area contributed by atoms with Crippen LogP contribution in [-0.4, -0.2) is 77.8 Å². The highest BCUT2D eigenvalue weighted by Crippen LogP contribution is 1.85. The van der Waals surface area contributed by atoms with Gasteiger partial charge in [0.1, 0.15) is 0 Å². The van der Waals surface area contributed by atoms with Gasteiger partial charge in [0.05, 0.1) is 66.1 Å². The van der Waals surface area contributed by atoms with Crippen LogP contribution in [0.15, 0.2) is 0 Å². The fourth-order valence-electron chi connectivity index (χ4n) is 1.10. The van der Waals surface area contributed by atoms with Gasteiger partial charge in [-0.15, -0.1) is 0 Å². The van der Waals surface area contributed by atoms with Gasteiger partial charge in [0, 0.05) is 6.61 Å². The Morgan fingerprint density at radius 1 is 0.556 bits per heavy atom. The highest BCUT2D eigenvalue weighted by atomic mass is 16.6. The lowest BCUT2D eigenvalue weighted by Crippen LogP contribution is -2.12. The van der Waals surface area contributed by atoms with Crippen LogP contribution in [0.3, 0.4) is 0 Å². The second-order valence-corrected chi connectivity index (χ2v) is 3.38. The molecule has 1 aliphatic heterocycles. The van der Waals surface area contributed by atoms with Crippen molar-refractivity contribution >= 4 is 0 Å². The molecule has 0 unspecified atom stereocenters. The van der Waals surface area contributed by atoms with E-state index >= 15 is 0 Å². The van der Waals surface area contributed by atoms with Crippen molar-refractivity contribution in [1.82, 2.24) is 0 Å². The minimum Gasteiger partial charge on any atom is -0.397 e. The molecule has 1 saturated heterocycles. The third kappa shape index (κ3) is 15.8. The summed E-state index contributed by atoms with van der Waals surface area (Å²) in [6.45, 7) is 8.04. The summed E-state index contributed by atoms with van der Waals surface area (Å²) in [5, 5.41) is 7.57. The van der Waals surface area contributed by atoms with Gasteiger partial charge < -0.3 is 28.8 Å². The number of ether oxygens (including phenoxy) is 5. The van der Waals surface area contributed by atoms with Gasteiger partial charge in [-0.05, 0) is 6.92 Å². The van der Waals surface area contributed by atoms with E-state index in [2.05, 4.69) is 0 Å². The topological polar surface area (TPSA) is 66.4 Å². The van der Waals surface area contributed by atoms with Crippen LogP contribution in [0.4, 0.5) is 0 Å². The summed E-state index contributed by atoms with van der Waals surface area (Å²) in [7, 11) is 0. The van der Waals surface area contributed by atoms with Gasteiger partial charge in [-0.25, -0.2) is 0 Å². The molecule has 0 bridgehead atoms. The number of aliphatic hydroxyl groups excluding tert-OH is 1. The molecule has 0 aromatic carbocycles. The smallest absolute Gasteiger partial charge is 0.0701 e. The maximum atomic E-state index is 7.57. The number of aliphatic hydroxyl groups is 1. The lowest BCUT2D eigenvalue weighted by molar-refractivity contribution is 0.00206. The van der Waals surface area contributed by atoms with Crippen LogP contribution in [-0.2, 0) is 23.7 Å². The van der Waals surface area contributed by atoms with Gasteiger partial charge in [-0.1, -0.05) is 0 Å². The standard InChI is InChI=1S/C10H20O5.C2H6O/c1-2-12-5-6-14-9-10-15-8-7-13-4-3-11-1;1-2-3/h1-10H2;3H,2H2,1H3. The van der Waals surface area contributed by atoms with Crippen LogP contribution in [0.25, 0.3) is 0 Å². The van der Waals surface area contributed by atoms with Crippen molar-refractivity contribution in [2.75, 3.05) is 72.7 Å². The molecule has 1 rings (SSSR count). The Morgan fingerprint density at radius 2 is 0.667 bits per heavy atom. The van der Waals surface area contributed by atoms with Crippen molar-refractivity contribution in [3.63, 3.8) is 0 Å².